The molecule has 1 heterocycles. The molecule has 0 saturated carbocycles. The number of aromatic nitrogens is 2. The highest BCUT2D eigenvalue weighted by Gasteiger charge is 2.24. The minimum absolute atomic E-state index is 0.115. The van der Waals surface area contributed by atoms with Gasteiger partial charge < -0.3 is 10.4 Å². The molecule has 5 nitrogen and oxygen atoms in total. The summed E-state index contributed by atoms with van der Waals surface area (Å²) < 4.78 is 13.8. The van der Waals surface area contributed by atoms with Crippen molar-refractivity contribution < 1.29 is 14.3 Å². The van der Waals surface area contributed by atoms with Crippen LogP contribution in [0.15, 0.2) is 30.5 Å². The van der Waals surface area contributed by atoms with Crippen LogP contribution >= 0.6 is 0 Å². The van der Waals surface area contributed by atoms with Crippen LogP contribution in [0.4, 0.5) is 4.39 Å². The number of H-pyrrole nitrogens is 1. The Kier molecular flexibility index (Phi) is 4.61. The van der Waals surface area contributed by atoms with Crippen molar-refractivity contribution in [1.29, 1.82) is 0 Å². The smallest absolute Gasteiger partial charge is 0.255 e. The number of aliphatic hydroxyl groups excluding tert-OH is 1. The average Bonchev–Trinajstić information content (AvgIpc) is 2.93. The van der Waals surface area contributed by atoms with Gasteiger partial charge in [0.05, 0.1) is 23.6 Å². The second-order valence-electron chi connectivity index (χ2n) is 6.23. The predicted molar refractivity (Wildman–Crippen MR) is 81.8 cm³/mol. The molecule has 1 amide bonds. The van der Waals surface area contributed by atoms with Gasteiger partial charge in [0.25, 0.3) is 5.91 Å². The van der Waals surface area contributed by atoms with Crippen LogP contribution in [-0.2, 0) is 0 Å². The zero-order valence-electron chi connectivity index (χ0n) is 12.9. The molecule has 1 aromatic carbocycles. The van der Waals surface area contributed by atoms with Crippen molar-refractivity contribution in [2.75, 3.05) is 6.54 Å². The third-order valence-corrected chi connectivity index (χ3v) is 3.48. The Labute approximate surface area is 128 Å². The highest BCUT2D eigenvalue weighted by molar-refractivity contribution is 5.99. The summed E-state index contributed by atoms with van der Waals surface area (Å²) in [5, 5.41) is 19.1. The van der Waals surface area contributed by atoms with Crippen LogP contribution in [-0.4, -0.2) is 33.9 Å². The van der Waals surface area contributed by atoms with Crippen molar-refractivity contribution in [2.45, 2.75) is 26.9 Å². The lowest BCUT2D eigenvalue weighted by Crippen LogP contribution is -2.39. The van der Waals surface area contributed by atoms with E-state index in [1.807, 2.05) is 20.8 Å². The quantitative estimate of drug-likeness (QED) is 0.811. The maximum atomic E-state index is 13.8. The number of amides is 1. The zero-order valence-corrected chi connectivity index (χ0v) is 12.9. The van der Waals surface area contributed by atoms with E-state index < -0.39 is 17.8 Å². The van der Waals surface area contributed by atoms with Gasteiger partial charge >= 0.3 is 0 Å². The Morgan fingerprint density at radius 3 is 2.73 bits per heavy atom. The number of aromatic amines is 1. The molecule has 22 heavy (non-hydrogen) atoms. The molecule has 1 atom stereocenters. The maximum absolute atomic E-state index is 13.8. The van der Waals surface area contributed by atoms with E-state index in [0.717, 1.165) is 0 Å². The highest BCUT2D eigenvalue weighted by atomic mass is 19.1. The van der Waals surface area contributed by atoms with Gasteiger partial charge in [-0.25, -0.2) is 4.39 Å². The number of rotatable bonds is 4. The average molecular weight is 305 g/mol. The Morgan fingerprint density at radius 2 is 2.09 bits per heavy atom. The fraction of sp³-hybridized carbons (Fsp3) is 0.375. The largest absolute Gasteiger partial charge is 0.391 e. The molecule has 2 rings (SSSR count). The summed E-state index contributed by atoms with van der Waals surface area (Å²) in [6.07, 6.45) is 0.667. The lowest BCUT2D eigenvalue weighted by molar-refractivity contribution is 0.0587. The van der Waals surface area contributed by atoms with Crippen molar-refractivity contribution in [2.24, 2.45) is 5.41 Å². The zero-order chi connectivity index (χ0) is 16.3. The van der Waals surface area contributed by atoms with Gasteiger partial charge in [0.15, 0.2) is 0 Å². The van der Waals surface area contributed by atoms with Crippen molar-refractivity contribution in [1.82, 2.24) is 15.5 Å². The van der Waals surface area contributed by atoms with E-state index in [1.54, 1.807) is 18.2 Å². The molecule has 1 aromatic heterocycles. The van der Waals surface area contributed by atoms with Gasteiger partial charge in [0.2, 0.25) is 0 Å². The molecule has 0 radical (unpaired) electrons. The summed E-state index contributed by atoms with van der Waals surface area (Å²) in [5.41, 5.74) is 0.506. The van der Waals surface area contributed by atoms with Crippen LogP contribution in [0, 0.1) is 11.2 Å². The third kappa shape index (κ3) is 3.51. The SMILES string of the molecule is CC(C)(C)C(O)CNC(=O)c1cn[nH]c1-c1ccccc1F. The number of nitrogens with zero attached hydrogens (tertiary/aromatic N) is 1. The third-order valence-electron chi connectivity index (χ3n) is 3.48. The second kappa shape index (κ2) is 6.27. The van der Waals surface area contributed by atoms with Crippen LogP contribution in [0.25, 0.3) is 11.3 Å². The molecular formula is C16H20FN3O2. The molecule has 0 aliphatic rings. The van der Waals surface area contributed by atoms with Crippen LogP contribution in [0.1, 0.15) is 31.1 Å². The molecule has 0 aliphatic heterocycles. The summed E-state index contributed by atoms with van der Waals surface area (Å²) >= 11 is 0. The fourth-order valence-electron chi connectivity index (χ4n) is 1.92. The Hall–Kier alpha value is -2.21. The molecule has 6 heteroatoms. The van der Waals surface area contributed by atoms with Gasteiger partial charge in [-0.15, -0.1) is 0 Å². The monoisotopic (exact) mass is 305 g/mol. The first kappa shape index (κ1) is 16.2. The molecule has 0 aliphatic carbocycles. The predicted octanol–water partition coefficient (Wildman–Crippen LogP) is 2.35. The first-order valence-corrected chi connectivity index (χ1v) is 7.05. The topological polar surface area (TPSA) is 78.0 Å². The summed E-state index contributed by atoms with van der Waals surface area (Å²) in [7, 11) is 0. The van der Waals surface area contributed by atoms with Gasteiger partial charge in [0.1, 0.15) is 5.82 Å². The van der Waals surface area contributed by atoms with Crippen molar-refractivity contribution >= 4 is 5.91 Å². The number of carbonyl (C=O) groups excluding carboxylic acids is 1. The Bertz CT molecular complexity index is 661. The number of carbonyl (C=O) groups is 1. The normalized spacial score (nSPS) is 13.0. The summed E-state index contributed by atoms with van der Waals surface area (Å²) in [5.74, 6) is -0.842. The molecule has 2 aromatic rings. The van der Waals surface area contributed by atoms with Crippen molar-refractivity contribution in [3.63, 3.8) is 0 Å². The first-order valence-electron chi connectivity index (χ1n) is 7.05. The summed E-state index contributed by atoms with van der Waals surface area (Å²) in [6.45, 7) is 5.76. The van der Waals surface area contributed by atoms with Gasteiger partial charge in [-0.1, -0.05) is 32.9 Å². The molecule has 3 N–H and O–H groups in total. The Balaban J connectivity index is 2.16. The van der Waals surface area contributed by atoms with Crippen molar-refractivity contribution in [3.8, 4) is 11.3 Å². The number of halogens is 1. The number of aliphatic hydroxyl groups is 1. The van der Waals surface area contributed by atoms with E-state index in [-0.39, 0.29) is 23.1 Å². The molecule has 118 valence electrons. The molecule has 1 unspecified atom stereocenters. The molecule has 0 spiro atoms. The minimum Gasteiger partial charge on any atom is -0.391 e. The maximum Gasteiger partial charge on any atom is 0.255 e. The summed E-state index contributed by atoms with van der Waals surface area (Å²) in [4.78, 5) is 12.2. The summed E-state index contributed by atoms with van der Waals surface area (Å²) in [6, 6.07) is 6.16. The van der Waals surface area contributed by atoms with Gasteiger partial charge in [-0.3, -0.25) is 9.89 Å². The van der Waals surface area contributed by atoms with E-state index in [1.165, 1.54) is 12.3 Å². The number of hydrogen-bond donors (Lipinski definition) is 3. The highest BCUT2D eigenvalue weighted by Crippen LogP contribution is 2.24. The first-order chi connectivity index (χ1) is 10.3. The van der Waals surface area contributed by atoms with Crippen LogP contribution < -0.4 is 5.32 Å². The lowest BCUT2D eigenvalue weighted by Gasteiger charge is -2.25. The lowest BCUT2D eigenvalue weighted by atomic mass is 9.89. The second-order valence-corrected chi connectivity index (χ2v) is 6.23. The molecular weight excluding hydrogens is 285 g/mol. The minimum atomic E-state index is -0.680. The fourth-order valence-corrected chi connectivity index (χ4v) is 1.92. The number of benzene rings is 1. The Morgan fingerprint density at radius 1 is 1.41 bits per heavy atom. The van der Waals surface area contributed by atoms with Gasteiger partial charge in [-0.05, 0) is 17.5 Å². The van der Waals surface area contributed by atoms with E-state index in [0.29, 0.717) is 5.69 Å². The van der Waals surface area contributed by atoms with E-state index >= 15 is 0 Å². The standard InChI is InChI=1S/C16H20FN3O2/c1-16(2,3)13(21)9-18-15(22)11-8-19-20-14(11)10-6-4-5-7-12(10)17/h4-8,13,21H,9H2,1-3H3,(H,18,22)(H,19,20). The van der Waals surface area contributed by atoms with Gasteiger partial charge in [-0.2, -0.15) is 5.10 Å². The molecule has 0 bridgehead atoms. The number of nitrogens with one attached hydrogen (secondary N) is 2. The van der Waals surface area contributed by atoms with Crippen LogP contribution in [0.2, 0.25) is 0 Å². The molecule has 0 saturated heterocycles. The van der Waals surface area contributed by atoms with Gasteiger partial charge in [0, 0.05) is 12.1 Å². The van der Waals surface area contributed by atoms with Crippen molar-refractivity contribution in [3.05, 3.63) is 41.8 Å². The van der Waals surface area contributed by atoms with E-state index in [4.69, 9.17) is 0 Å². The molecule has 0 fully saturated rings. The van der Waals surface area contributed by atoms with Crippen LogP contribution in [0.3, 0.4) is 0 Å². The number of hydrogen-bond acceptors (Lipinski definition) is 3. The van der Waals surface area contributed by atoms with E-state index in [9.17, 15) is 14.3 Å². The van der Waals surface area contributed by atoms with E-state index in [2.05, 4.69) is 15.5 Å². The van der Waals surface area contributed by atoms with Crippen LogP contribution in [0.5, 0.6) is 0 Å².